The van der Waals surface area contributed by atoms with Gasteiger partial charge in [0.15, 0.2) is 5.58 Å². The topological polar surface area (TPSA) is 72.2 Å². The Labute approximate surface area is 156 Å². The number of para-hydroxylation sites is 1. The molecular weight excluding hydrogens is 360 g/mol. The summed E-state index contributed by atoms with van der Waals surface area (Å²) in [6.07, 6.45) is 0.814. The summed E-state index contributed by atoms with van der Waals surface area (Å²) < 4.78 is 33.1. The predicted molar refractivity (Wildman–Crippen MR) is 105 cm³/mol. The minimum Gasteiger partial charge on any atom is -0.356 e. The van der Waals surface area contributed by atoms with Crippen molar-refractivity contribution in [3.8, 4) is 11.1 Å². The predicted octanol–water partition coefficient (Wildman–Crippen LogP) is 4.34. The van der Waals surface area contributed by atoms with Crippen molar-refractivity contribution in [2.45, 2.75) is 12.2 Å². The van der Waals surface area contributed by atoms with Crippen LogP contribution in [0.1, 0.15) is 16.8 Å². The monoisotopic (exact) mass is 376 g/mol. The minimum atomic E-state index is -3.61. The van der Waals surface area contributed by atoms with Gasteiger partial charge in [0.2, 0.25) is 10.0 Å². The largest absolute Gasteiger partial charge is 0.356 e. The quantitative estimate of drug-likeness (QED) is 0.506. The summed E-state index contributed by atoms with van der Waals surface area (Å²) in [5.74, 6) is -0.235. The Morgan fingerprint density at radius 3 is 2.63 bits per heavy atom. The number of anilines is 1. The summed E-state index contributed by atoms with van der Waals surface area (Å²) in [6.45, 7) is 0. The number of hydrogen-bond donors (Lipinski definition) is 1. The van der Waals surface area contributed by atoms with Crippen molar-refractivity contribution in [1.82, 2.24) is 5.16 Å². The highest BCUT2D eigenvalue weighted by Gasteiger charge is 2.21. The first-order valence-corrected chi connectivity index (χ1v) is 10.3. The summed E-state index contributed by atoms with van der Waals surface area (Å²) in [5.41, 5.74) is 6.33. The fourth-order valence-corrected chi connectivity index (χ4v) is 4.77. The first-order chi connectivity index (χ1) is 13.1. The Bertz CT molecular complexity index is 1280. The highest BCUT2D eigenvalue weighted by atomic mass is 32.2. The molecular formula is C21H16N2O3S. The van der Waals surface area contributed by atoms with E-state index >= 15 is 0 Å². The zero-order chi connectivity index (χ0) is 18.4. The van der Waals surface area contributed by atoms with Crippen LogP contribution in [0, 0.1) is 0 Å². The maximum Gasteiger partial charge on any atom is 0.238 e. The van der Waals surface area contributed by atoms with E-state index in [2.05, 4.69) is 22.0 Å². The van der Waals surface area contributed by atoms with Gasteiger partial charge in [-0.3, -0.25) is 4.72 Å². The molecule has 5 nitrogen and oxygen atoms in total. The van der Waals surface area contributed by atoms with Crippen molar-refractivity contribution < 1.29 is 12.9 Å². The molecule has 0 aliphatic heterocycles. The van der Waals surface area contributed by atoms with Crippen LogP contribution in [0.2, 0.25) is 0 Å². The fourth-order valence-electron chi connectivity index (χ4n) is 3.65. The molecule has 1 N–H and O–H groups in total. The van der Waals surface area contributed by atoms with Crippen LogP contribution < -0.4 is 4.72 Å². The van der Waals surface area contributed by atoms with E-state index in [9.17, 15) is 8.42 Å². The number of rotatable bonds is 4. The van der Waals surface area contributed by atoms with Crippen molar-refractivity contribution in [3.63, 3.8) is 0 Å². The van der Waals surface area contributed by atoms with Crippen molar-refractivity contribution >= 4 is 26.7 Å². The number of hydrogen-bond acceptors (Lipinski definition) is 4. The molecule has 0 atom stereocenters. The second-order valence-electron chi connectivity index (χ2n) is 6.69. The maximum absolute atomic E-state index is 12.6. The summed E-state index contributed by atoms with van der Waals surface area (Å²) >= 11 is 0. The summed E-state index contributed by atoms with van der Waals surface area (Å²) in [6, 6.07) is 21.2. The molecule has 0 radical (unpaired) electrons. The molecule has 0 saturated carbocycles. The van der Waals surface area contributed by atoms with Crippen molar-refractivity contribution in [3.05, 3.63) is 83.6 Å². The molecule has 1 aliphatic rings. The van der Waals surface area contributed by atoms with Crippen LogP contribution in [0.15, 0.2) is 71.3 Å². The summed E-state index contributed by atoms with van der Waals surface area (Å²) in [7, 11) is -3.61. The molecule has 0 fully saturated rings. The van der Waals surface area contributed by atoms with Gasteiger partial charge in [-0.1, -0.05) is 47.6 Å². The standard InChI is InChI=1S/C21H16N2O3S/c24-27(25,13-20-19-7-3-4-8-21(19)26-22-20)23-16-9-10-18-15(12-16)11-14-5-1-2-6-17(14)18/h1-10,12,23H,11,13H2. The lowest BCUT2D eigenvalue weighted by atomic mass is 10.1. The second kappa shape index (κ2) is 5.96. The zero-order valence-electron chi connectivity index (χ0n) is 14.3. The van der Waals surface area contributed by atoms with Gasteiger partial charge in [0.25, 0.3) is 0 Å². The van der Waals surface area contributed by atoms with Gasteiger partial charge in [-0.2, -0.15) is 0 Å². The molecule has 3 aromatic carbocycles. The van der Waals surface area contributed by atoms with Gasteiger partial charge in [-0.05, 0) is 52.9 Å². The van der Waals surface area contributed by atoms with Gasteiger partial charge >= 0.3 is 0 Å². The number of sulfonamides is 1. The van der Waals surface area contributed by atoms with Crippen LogP contribution in [0.3, 0.4) is 0 Å². The Hall–Kier alpha value is -3.12. The lowest BCUT2D eigenvalue weighted by Gasteiger charge is -2.09. The number of benzene rings is 3. The van der Waals surface area contributed by atoms with Gasteiger partial charge in [0, 0.05) is 11.1 Å². The van der Waals surface area contributed by atoms with Crippen LogP contribution in [-0.2, 0) is 22.2 Å². The van der Waals surface area contributed by atoms with E-state index < -0.39 is 10.0 Å². The molecule has 0 unspecified atom stereocenters. The van der Waals surface area contributed by atoms with E-state index in [1.165, 1.54) is 11.1 Å². The molecule has 0 spiro atoms. The first-order valence-electron chi connectivity index (χ1n) is 8.64. The van der Waals surface area contributed by atoms with E-state index in [0.717, 1.165) is 17.5 Å². The average Bonchev–Trinajstić information content (AvgIpc) is 3.22. The van der Waals surface area contributed by atoms with Crippen LogP contribution in [-0.4, -0.2) is 13.6 Å². The first kappa shape index (κ1) is 16.1. The average molecular weight is 376 g/mol. The molecule has 6 heteroatoms. The molecule has 4 aromatic rings. The second-order valence-corrected chi connectivity index (χ2v) is 8.41. The Morgan fingerprint density at radius 1 is 0.926 bits per heavy atom. The number of nitrogens with one attached hydrogen (secondary N) is 1. The van der Waals surface area contributed by atoms with Crippen molar-refractivity contribution in [1.29, 1.82) is 0 Å². The molecule has 5 rings (SSSR count). The van der Waals surface area contributed by atoms with E-state index in [1.54, 1.807) is 12.1 Å². The van der Waals surface area contributed by atoms with Gasteiger partial charge in [0.05, 0.1) is 0 Å². The third-order valence-electron chi connectivity index (χ3n) is 4.85. The van der Waals surface area contributed by atoms with Crippen LogP contribution in [0.5, 0.6) is 0 Å². The van der Waals surface area contributed by atoms with Gasteiger partial charge < -0.3 is 4.52 Å². The molecule has 1 heterocycles. The molecule has 0 bridgehead atoms. The molecule has 0 amide bonds. The summed E-state index contributed by atoms with van der Waals surface area (Å²) in [5, 5.41) is 4.63. The normalized spacial score (nSPS) is 12.7. The Morgan fingerprint density at radius 2 is 1.70 bits per heavy atom. The molecule has 134 valence electrons. The van der Waals surface area contributed by atoms with Crippen LogP contribution in [0.4, 0.5) is 5.69 Å². The SMILES string of the molecule is O=S(=O)(Cc1noc2ccccc12)Nc1ccc2c(c1)Cc1ccccc1-2. The van der Waals surface area contributed by atoms with Gasteiger partial charge in [0.1, 0.15) is 11.4 Å². The molecule has 0 saturated heterocycles. The van der Waals surface area contributed by atoms with E-state index in [-0.39, 0.29) is 5.75 Å². The minimum absolute atomic E-state index is 0.235. The van der Waals surface area contributed by atoms with Gasteiger partial charge in [-0.15, -0.1) is 0 Å². The lowest BCUT2D eigenvalue weighted by molar-refractivity contribution is 0.448. The maximum atomic E-state index is 12.6. The Balaban J connectivity index is 1.41. The highest BCUT2D eigenvalue weighted by molar-refractivity contribution is 7.91. The van der Waals surface area contributed by atoms with Crippen molar-refractivity contribution in [2.24, 2.45) is 0 Å². The highest BCUT2D eigenvalue weighted by Crippen LogP contribution is 2.37. The number of nitrogens with zero attached hydrogens (tertiary/aromatic N) is 1. The Kier molecular flexibility index (Phi) is 3.55. The fraction of sp³-hybridized carbons (Fsp3) is 0.0952. The smallest absolute Gasteiger partial charge is 0.238 e. The third-order valence-corrected chi connectivity index (χ3v) is 6.05. The van der Waals surface area contributed by atoms with Crippen LogP contribution in [0.25, 0.3) is 22.1 Å². The summed E-state index contributed by atoms with van der Waals surface area (Å²) in [4.78, 5) is 0. The van der Waals surface area contributed by atoms with Crippen molar-refractivity contribution in [2.75, 3.05) is 4.72 Å². The number of fused-ring (bicyclic) bond motifs is 4. The van der Waals surface area contributed by atoms with E-state index in [1.807, 2.05) is 42.5 Å². The molecule has 1 aromatic heterocycles. The van der Waals surface area contributed by atoms with E-state index in [0.29, 0.717) is 22.4 Å². The van der Waals surface area contributed by atoms with Gasteiger partial charge in [-0.25, -0.2) is 8.42 Å². The molecule has 27 heavy (non-hydrogen) atoms. The number of aromatic nitrogens is 1. The van der Waals surface area contributed by atoms with E-state index in [4.69, 9.17) is 4.52 Å². The third kappa shape index (κ3) is 2.88. The zero-order valence-corrected chi connectivity index (χ0v) is 15.2. The van der Waals surface area contributed by atoms with Crippen LogP contribution >= 0.6 is 0 Å². The molecule has 1 aliphatic carbocycles. The lowest BCUT2D eigenvalue weighted by Crippen LogP contribution is -2.15.